The molecule has 0 saturated carbocycles. The minimum atomic E-state index is -0.510. The monoisotopic (exact) mass is 350 g/mol. The van der Waals surface area contributed by atoms with Gasteiger partial charge in [-0.2, -0.15) is 0 Å². The molecular weight excluding hydrogens is 331 g/mol. The largest absolute Gasteiger partial charge is 0.319 e. The van der Waals surface area contributed by atoms with Crippen LogP contribution in [0.4, 0.5) is 10.1 Å². The Bertz CT molecular complexity index is 1020. The van der Waals surface area contributed by atoms with Crippen molar-refractivity contribution in [2.75, 3.05) is 5.32 Å². The van der Waals surface area contributed by atoms with Gasteiger partial charge in [0.25, 0.3) is 11.5 Å². The second-order valence-electron chi connectivity index (χ2n) is 6.25. The Morgan fingerprint density at radius 3 is 2.62 bits per heavy atom. The molecule has 4 nitrogen and oxygen atoms in total. The summed E-state index contributed by atoms with van der Waals surface area (Å²) in [6, 6.07) is 14.8. The summed E-state index contributed by atoms with van der Waals surface area (Å²) < 4.78 is 15.2. The van der Waals surface area contributed by atoms with Crippen LogP contribution in [0, 0.1) is 19.7 Å². The van der Waals surface area contributed by atoms with Crippen LogP contribution in [-0.4, -0.2) is 10.5 Å². The van der Waals surface area contributed by atoms with Gasteiger partial charge in [-0.05, 0) is 43.2 Å². The van der Waals surface area contributed by atoms with E-state index in [4.69, 9.17) is 0 Å². The molecule has 3 rings (SSSR count). The summed E-state index contributed by atoms with van der Waals surface area (Å²) in [7, 11) is 0. The van der Waals surface area contributed by atoms with Crippen LogP contribution in [0.25, 0.3) is 0 Å². The quantitative estimate of drug-likeness (QED) is 0.776. The molecule has 0 fully saturated rings. The zero-order chi connectivity index (χ0) is 18.7. The van der Waals surface area contributed by atoms with E-state index < -0.39 is 11.7 Å². The Morgan fingerprint density at radius 2 is 1.85 bits per heavy atom. The number of aromatic nitrogens is 1. The molecule has 5 heteroatoms. The Kier molecular flexibility index (Phi) is 4.98. The first kappa shape index (κ1) is 17.6. The fourth-order valence-electron chi connectivity index (χ4n) is 2.70. The van der Waals surface area contributed by atoms with Crippen molar-refractivity contribution in [3.05, 3.63) is 99.2 Å². The van der Waals surface area contributed by atoms with Crippen molar-refractivity contribution >= 4 is 11.6 Å². The lowest BCUT2D eigenvalue weighted by atomic mass is 10.1. The van der Waals surface area contributed by atoms with Gasteiger partial charge in [-0.1, -0.05) is 35.9 Å². The van der Waals surface area contributed by atoms with Crippen LogP contribution in [0.2, 0.25) is 0 Å². The maximum atomic E-state index is 13.7. The van der Waals surface area contributed by atoms with Gasteiger partial charge in [0.15, 0.2) is 0 Å². The number of pyridine rings is 1. The lowest BCUT2D eigenvalue weighted by molar-refractivity contribution is 0.102. The molecule has 0 atom stereocenters. The molecule has 1 amide bonds. The lowest BCUT2D eigenvalue weighted by Gasteiger charge is -2.12. The second-order valence-corrected chi connectivity index (χ2v) is 6.25. The van der Waals surface area contributed by atoms with E-state index in [1.165, 1.54) is 35.0 Å². The number of para-hydroxylation sites is 1. The van der Waals surface area contributed by atoms with Crippen molar-refractivity contribution in [2.24, 2.45) is 0 Å². The highest BCUT2D eigenvalue weighted by Gasteiger charge is 2.11. The number of carbonyl (C=O) groups is 1. The number of rotatable bonds is 4. The highest BCUT2D eigenvalue weighted by Crippen LogP contribution is 2.15. The van der Waals surface area contributed by atoms with Crippen LogP contribution in [0.1, 0.15) is 27.0 Å². The van der Waals surface area contributed by atoms with E-state index in [0.717, 1.165) is 16.7 Å². The van der Waals surface area contributed by atoms with E-state index in [2.05, 4.69) is 5.32 Å². The zero-order valence-electron chi connectivity index (χ0n) is 14.6. The fraction of sp³-hybridized carbons (Fsp3) is 0.143. The molecule has 0 bridgehead atoms. The summed E-state index contributed by atoms with van der Waals surface area (Å²) in [5.74, 6) is -0.977. The number of nitrogens with one attached hydrogen (secondary N) is 1. The number of halogens is 1. The molecule has 1 heterocycles. The van der Waals surface area contributed by atoms with Gasteiger partial charge in [0.05, 0.1) is 17.8 Å². The number of amides is 1. The summed E-state index contributed by atoms with van der Waals surface area (Å²) >= 11 is 0. The molecule has 3 aromatic rings. The summed E-state index contributed by atoms with van der Waals surface area (Å²) in [5.41, 5.74) is 3.38. The smallest absolute Gasteiger partial charge is 0.257 e. The third-order valence-electron chi connectivity index (χ3n) is 4.21. The van der Waals surface area contributed by atoms with Crippen LogP contribution in [0.15, 0.2) is 65.6 Å². The predicted octanol–water partition coefficient (Wildman–Crippen LogP) is 3.90. The average Bonchev–Trinajstić information content (AvgIpc) is 2.62. The van der Waals surface area contributed by atoms with Gasteiger partial charge >= 0.3 is 0 Å². The standard InChI is InChI=1S/C21H19FN2O2/c1-14-7-8-15(2)17(11-14)13-24-12-16(9-10-20(24)25)21(26)23-19-6-4-3-5-18(19)22/h3-12H,13H2,1-2H3,(H,23,26). The summed E-state index contributed by atoms with van der Waals surface area (Å²) in [4.78, 5) is 24.6. The Labute approximate surface area is 150 Å². The third kappa shape index (κ3) is 3.88. The molecule has 2 aromatic carbocycles. The van der Waals surface area contributed by atoms with Gasteiger partial charge in [0.2, 0.25) is 0 Å². The number of carbonyl (C=O) groups excluding carboxylic acids is 1. The molecule has 0 aliphatic rings. The van der Waals surface area contributed by atoms with E-state index >= 15 is 0 Å². The van der Waals surface area contributed by atoms with Crippen molar-refractivity contribution in [3.8, 4) is 0 Å². The van der Waals surface area contributed by atoms with Gasteiger partial charge in [-0.25, -0.2) is 4.39 Å². The van der Waals surface area contributed by atoms with Crippen molar-refractivity contribution < 1.29 is 9.18 Å². The normalized spacial score (nSPS) is 10.6. The highest BCUT2D eigenvalue weighted by atomic mass is 19.1. The minimum absolute atomic E-state index is 0.102. The second kappa shape index (κ2) is 7.35. The molecule has 0 aliphatic heterocycles. The first-order valence-electron chi connectivity index (χ1n) is 8.26. The number of benzene rings is 2. The Morgan fingerprint density at radius 1 is 1.08 bits per heavy atom. The number of nitrogens with zero attached hydrogens (tertiary/aromatic N) is 1. The number of aryl methyl sites for hydroxylation is 2. The lowest BCUT2D eigenvalue weighted by Crippen LogP contribution is -2.23. The van der Waals surface area contributed by atoms with E-state index in [9.17, 15) is 14.0 Å². The molecular formula is C21H19FN2O2. The van der Waals surface area contributed by atoms with Crippen LogP contribution in [0.5, 0.6) is 0 Å². The van der Waals surface area contributed by atoms with Gasteiger partial charge in [0.1, 0.15) is 5.82 Å². The first-order chi connectivity index (χ1) is 12.4. The number of hydrogen-bond donors (Lipinski definition) is 1. The predicted molar refractivity (Wildman–Crippen MR) is 100 cm³/mol. The fourth-order valence-corrected chi connectivity index (χ4v) is 2.70. The summed E-state index contributed by atoms with van der Waals surface area (Å²) in [5, 5.41) is 2.53. The topological polar surface area (TPSA) is 51.1 Å². The first-order valence-corrected chi connectivity index (χ1v) is 8.26. The minimum Gasteiger partial charge on any atom is -0.319 e. The number of hydrogen-bond acceptors (Lipinski definition) is 2. The maximum Gasteiger partial charge on any atom is 0.257 e. The van der Waals surface area contributed by atoms with E-state index in [1.54, 1.807) is 12.1 Å². The molecule has 0 radical (unpaired) electrons. The molecule has 26 heavy (non-hydrogen) atoms. The van der Waals surface area contributed by atoms with Gasteiger partial charge in [0, 0.05) is 12.3 Å². The van der Waals surface area contributed by atoms with Crippen LogP contribution in [-0.2, 0) is 6.54 Å². The van der Waals surface area contributed by atoms with Gasteiger partial charge in [-0.3, -0.25) is 9.59 Å². The van der Waals surface area contributed by atoms with Crippen LogP contribution >= 0.6 is 0 Å². The summed E-state index contributed by atoms with van der Waals surface area (Å²) in [6.07, 6.45) is 1.50. The van der Waals surface area contributed by atoms with Crippen LogP contribution < -0.4 is 10.9 Å². The molecule has 0 spiro atoms. The van der Waals surface area contributed by atoms with Gasteiger partial charge in [-0.15, -0.1) is 0 Å². The average molecular weight is 350 g/mol. The van der Waals surface area contributed by atoms with Crippen LogP contribution in [0.3, 0.4) is 0 Å². The van der Waals surface area contributed by atoms with Crippen molar-refractivity contribution in [1.82, 2.24) is 4.57 Å². The molecule has 0 saturated heterocycles. The van der Waals surface area contributed by atoms with Crippen molar-refractivity contribution in [1.29, 1.82) is 0 Å². The molecule has 1 N–H and O–H groups in total. The number of anilines is 1. The molecule has 132 valence electrons. The SMILES string of the molecule is Cc1ccc(C)c(Cn2cc(C(=O)Nc3ccccc3F)ccc2=O)c1. The van der Waals surface area contributed by atoms with E-state index in [0.29, 0.717) is 6.54 Å². The van der Waals surface area contributed by atoms with E-state index in [1.807, 2.05) is 32.0 Å². The third-order valence-corrected chi connectivity index (χ3v) is 4.21. The molecule has 0 unspecified atom stereocenters. The Balaban J connectivity index is 1.88. The zero-order valence-corrected chi connectivity index (χ0v) is 14.6. The Hall–Kier alpha value is -3.21. The van der Waals surface area contributed by atoms with Gasteiger partial charge < -0.3 is 9.88 Å². The highest BCUT2D eigenvalue weighted by molar-refractivity contribution is 6.04. The van der Waals surface area contributed by atoms with Crippen molar-refractivity contribution in [2.45, 2.75) is 20.4 Å². The maximum absolute atomic E-state index is 13.7. The molecule has 0 aliphatic carbocycles. The molecule has 1 aromatic heterocycles. The van der Waals surface area contributed by atoms with Crippen molar-refractivity contribution in [3.63, 3.8) is 0 Å². The van der Waals surface area contributed by atoms with E-state index in [-0.39, 0.29) is 16.8 Å². The summed E-state index contributed by atoms with van der Waals surface area (Å²) in [6.45, 7) is 4.34.